The second-order valence-corrected chi connectivity index (χ2v) is 3.67. The molecule has 0 aliphatic heterocycles. The molecule has 0 saturated heterocycles. The number of nitrogens with two attached hydrogens (primary N) is 1. The maximum atomic E-state index is 11.4. The number of rotatable bonds is 3. The number of hydrogen-bond donors (Lipinski definition) is 2. The Hall–Kier alpha value is -1.81. The van der Waals surface area contributed by atoms with Gasteiger partial charge < -0.3 is 15.5 Å². The van der Waals surface area contributed by atoms with E-state index in [9.17, 15) is 4.79 Å². The van der Waals surface area contributed by atoms with Crippen LogP contribution in [0.15, 0.2) is 29.1 Å². The number of benzene rings is 1. The summed E-state index contributed by atoms with van der Waals surface area (Å²) in [7, 11) is 0. The molecule has 84 valence electrons. The summed E-state index contributed by atoms with van der Waals surface area (Å²) in [6.07, 6.45) is 0. The van der Waals surface area contributed by atoms with Crippen LogP contribution in [0.2, 0.25) is 0 Å². The van der Waals surface area contributed by atoms with Gasteiger partial charge in [-0.15, -0.1) is 0 Å². The molecular weight excluding hydrogens is 204 g/mol. The van der Waals surface area contributed by atoms with Crippen molar-refractivity contribution in [2.45, 2.75) is 6.92 Å². The van der Waals surface area contributed by atoms with Gasteiger partial charge in [0.2, 0.25) is 0 Å². The Morgan fingerprint density at radius 3 is 2.94 bits per heavy atom. The third-order valence-corrected chi connectivity index (χ3v) is 2.39. The van der Waals surface area contributed by atoms with Gasteiger partial charge in [-0.1, -0.05) is 0 Å². The zero-order valence-corrected chi connectivity index (χ0v) is 9.12. The van der Waals surface area contributed by atoms with Crippen molar-refractivity contribution in [2.75, 3.05) is 13.2 Å². The number of aryl methyl sites for hydroxylation is 1. The highest BCUT2D eigenvalue weighted by molar-refractivity contribution is 5.80. The predicted octanol–water partition coefficient (Wildman–Crippen LogP) is 1.17. The molecule has 0 aliphatic carbocycles. The third kappa shape index (κ3) is 2.06. The average molecular weight is 218 g/mol. The minimum atomic E-state index is -0.0527. The molecule has 0 spiro atoms. The maximum Gasteiger partial charge on any atom is 0.251 e. The van der Waals surface area contributed by atoms with Gasteiger partial charge in [0.1, 0.15) is 12.4 Å². The van der Waals surface area contributed by atoms with Crippen LogP contribution in [0.25, 0.3) is 10.9 Å². The van der Waals surface area contributed by atoms with Crippen molar-refractivity contribution >= 4 is 10.9 Å². The van der Waals surface area contributed by atoms with Crippen LogP contribution < -0.4 is 16.0 Å². The molecule has 4 heteroatoms. The number of aromatic nitrogens is 1. The van der Waals surface area contributed by atoms with Crippen LogP contribution in [0.4, 0.5) is 0 Å². The Labute approximate surface area is 93.0 Å². The molecule has 0 atom stereocenters. The van der Waals surface area contributed by atoms with Crippen LogP contribution in [0.1, 0.15) is 5.56 Å². The number of nitrogens with one attached hydrogen (secondary N) is 1. The molecule has 0 fully saturated rings. The van der Waals surface area contributed by atoms with Crippen molar-refractivity contribution < 1.29 is 4.74 Å². The van der Waals surface area contributed by atoms with E-state index in [-0.39, 0.29) is 5.56 Å². The molecule has 0 aliphatic rings. The first kappa shape index (κ1) is 10.7. The standard InChI is InChI=1S/C12H14N2O2/c1-8-6-9-7-10(16-5-4-13)2-3-11(9)14-12(8)15/h2-3,6-7H,4-5,13H2,1H3,(H,14,15). The predicted molar refractivity (Wildman–Crippen MR) is 63.9 cm³/mol. The summed E-state index contributed by atoms with van der Waals surface area (Å²) in [4.78, 5) is 14.2. The Kier molecular flexibility index (Phi) is 2.92. The molecule has 1 aromatic heterocycles. The second kappa shape index (κ2) is 4.37. The lowest BCUT2D eigenvalue weighted by Crippen LogP contribution is -2.11. The van der Waals surface area contributed by atoms with Gasteiger partial charge in [-0.2, -0.15) is 0 Å². The van der Waals surface area contributed by atoms with Gasteiger partial charge in [0.25, 0.3) is 5.56 Å². The number of pyridine rings is 1. The quantitative estimate of drug-likeness (QED) is 0.812. The van der Waals surface area contributed by atoms with Crippen molar-refractivity contribution in [3.05, 3.63) is 40.2 Å². The fraction of sp³-hybridized carbons (Fsp3) is 0.250. The molecule has 2 aromatic rings. The lowest BCUT2D eigenvalue weighted by atomic mass is 10.1. The average Bonchev–Trinajstić information content (AvgIpc) is 2.28. The van der Waals surface area contributed by atoms with Crippen LogP contribution >= 0.6 is 0 Å². The van der Waals surface area contributed by atoms with E-state index < -0.39 is 0 Å². The van der Waals surface area contributed by atoms with Gasteiger partial charge in [-0.25, -0.2) is 0 Å². The Balaban J connectivity index is 2.45. The van der Waals surface area contributed by atoms with E-state index in [2.05, 4.69) is 4.98 Å². The van der Waals surface area contributed by atoms with Crippen molar-refractivity contribution in [3.8, 4) is 5.75 Å². The summed E-state index contributed by atoms with van der Waals surface area (Å²) < 4.78 is 5.42. The monoisotopic (exact) mass is 218 g/mol. The molecule has 0 saturated carbocycles. The molecule has 4 nitrogen and oxygen atoms in total. The van der Waals surface area contributed by atoms with E-state index in [4.69, 9.17) is 10.5 Å². The van der Waals surface area contributed by atoms with E-state index in [0.717, 1.165) is 16.7 Å². The van der Waals surface area contributed by atoms with Crippen molar-refractivity contribution in [2.24, 2.45) is 5.73 Å². The number of H-pyrrole nitrogens is 1. The van der Waals surface area contributed by atoms with Gasteiger partial charge in [-0.05, 0) is 31.2 Å². The topological polar surface area (TPSA) is 68.1 Å². The van der Waals surface area contributed by atoms with Gasteiger partial charge in [0.05, 0.1) is 0 Å². The smallest absolute Gasteiger partial charge is 0.251 e. The minimum Gasteiger partial charge on any atom is -0.492 e. The van der Waals surface area contributed by atoms with Crippen LogP contribution in [0, 0.1) is 6.92 Å². The summed E-state index contributed by atoms with van der Waals surface area (Å²) in [6.45, 7) is 2.77. The third-order valence-electron chi connectivity index (χ3n) is 2.39. The number of ether oxygens (including phenoxy) is 1. The highest BCUT2D eigenvalue weighted by Gasteiger charge is 2.00. The molecule has 1 heterocycles. The first-order valence-electron chi connectivity index (χ1n) is 5.17. The van der Waals surface area contributed by atoms with E-state index >= 15 is 0 Å². The molecule has 0 unspecified atom stereocenters. The summed E-state index contributed by atoms with van der Waals surface area (Å²) in [6, 6.07) is 7.41. The van der Waals surface area contributed by atoms with Gasteiger partial charge >= 0.3 is 0 Å². The Morgan fingerprint density at radius 2 is 2.19 bits per heavy atom. The molecular formula is C12H14N2O2. The molecule has 1 aromatic carbocycles. The van der Waals surface area contributed by atoms with Crippen LogP contribution in [0.5, 0.6) is 5.75 Å². The van der Waals surface area contributed by atoms with E-state index in [1.54, 1.807) is 6.92 Å². The molecule has 0 radical (unpaired) electrons. The highest BCUT2D eigenvalue weighted by Crippen LogP contribution is 2.18. The summed E-state index contributed by atoms with van der Waals surface area (Å²) >= 11 is 0. The van der Waals surface area contributed by atoms with Gasteiger partial charge in [0.15, 0.2) is 0 Å². The van der Waals surface area contributed by atoms with Crippen LogP contribution in [-0.2, 0) is 0 Å². The molecule has 3 N–H and O–H groups in total. The molecule has 0 bridgehead atoms. The van der Waals surface area contributed by atoms with Crippen molar-refractivity contribution in [1.82, 2.24) is 4.98 Å². The number of hydrogen-bond acceptors (Lipinski definition) is 3. The first-order valence-corrected chi connectivity index (χ1v) is 5.17. The fourth-order valence-electron chi connectivity index (χ4n) is 1.56. The van der Waals surface area contributed by atoms with Gasteiger partial charge in [0, 0.05) is 23.0 Å². The SMILES string of the molecule is Cc1cc2cc(OCCN)ccc2[nH]c1=O. The normalized spacial score (nSPS) is 10.6. The number of fused-ring (bicyclic) bond motifs is 1. The van der Waals surface area contributed by atoms with E-state index in [1.165, 1.54) is 0 Å². The largest absolute Gasteiger partial charge is 0.492 e. The first-order chi connectivity index (χ1) is 7.70. The second-order valence-electron chi connectivity index (χ2n) is 3.67. The highest BCUT2D eigenvalue weighted by atomic mass is 16.5. The van der Waals surface area contributed by atoms with E-state index in [0.29, 0.717) is 18.7 Å². The van der Waals surface area contributed by atoms with Crippen LogP contribution in [0.3, 0.4) is 0 Å². The van der Waals surface area contributed by atoms with Crippen LogP contribution in [-0.4, -0.2) is 18.1 Å². The van der Waals surface area contributed by atoms with E-state index in [1.807, 2.05) is 24.3 Å². The molecule has 16 heavy (non-hydrogen) atoms. The lowest BCUT2D eigenvalue weighted by Gasteiger charge is -2.06. The number of aromatic amines is 1. The minimum absolute atomic E-state index is 0.0527. The zero-order valence-electron chi connectivity index (χ0n) is 9.12. The van der Waals surface area contributed by atoms with Crippen molar-refractivity contribution in [3.63, 3.8) is 0 Å². The van der Waals surface area contributed by atoms with Crippen molar-refractivity contribution in [1.29, 1.82) is 0 Å². The maximum absolute atomic E-state index is 11.4. The van der Waals surface area contributed by atoms with Gasteiger partial charge in [-0.3, -0.25) is 4.79 Å². The lowest BCUT2D eigenvalue weighted by molar-refractivity contribution is 0.329. The Morgan fingerprint density at radius 1 is 1.38 bits per heavy atom. The molecule has 2 rings (SSSR count). The fourth-order valence-corrected chi connectivity index (χ4v) is 1.56. The zero-order chi connectivity index (χ0) is 11.5. The Bertz CT molecular complexity index is 560. The summed E-state index contributed by atoms with van der Waals surface area (Å²) in [5.41, 5.74) is 6.82. The summed E-state index contributed by atoms with van der Waals surface area (Å²) in [5, 5.41) is 0.964. The molecule has 0 amide bonds. The summed E-state index contributed by atoms with van der Waals surface area (Å²) in [5.74, 6) is 0.768.